The predicted molar refractivity (Wildman–Crippen MR) is 87.4 cm³/mol. The maximum Gasteiger partial charge on any atom is -0.00517 e. The molecule has 0 radical (unpaired) electrons. The molecular weight excluding hydrogens is 240 g/mol. The molecule has 0 N–H and O–H groups in total. The second-order valence-corrected chi connectivity index (χ2v) is 5.67. The van der Waals surface area contributed by atoms with E-state index >= 15 is 0 Å². The summed E-state index contributed by atoms with van der Waals surface area (Å²) in [6, 6.07) is 19.6. The lowest BCUT2D eigenvalue weighted by Crippen LogP contribution is -1.89. The second kappa shape index (κ2) is 5.13. The van der Waals surface area contributed by atoms with Crippen molar-refractivity contribution < 1.29 is 0 Å². The normalized spacial score (nSPS) is 15.2. The lowest BCUT2D eigenvalue weighted by Gasteiger charge is -2.11. The smallest absolute Gasteiger partial charge is 0.00517 e. The molecule has 0 unspecified atom stereocenters. The van der Waals surface area contributed by atoms with E-state index in [1.165, 1.54) is 39.0 Å². The van der Waals surface area contributed by atoms with Crippen LogP contribution in [-0.2, 0) is 0 Å². The minimum atomic E-state index is 1.07. The van der Waals surface area contributed by atoms with Crippen molar-refractivity contribution >= 4 is 11.1 Å². The Hall–Kier alpha value is -2.08. The highest BCUT2D eigenvalue weighted by atomic mass is 14.3. The molecule has 1 aliphatic carbocycles. The molecule has 0 spiro atoms. The first-order valence-electron chi connectivity index (χ1n) is 7.19. The van der Waals surface area contributed by atoms with E-state index in [2.05, 4.69) is 75.4 Å². The molecule has 0 nitrogen and oxygen atoms in total. The summed E-state index contributed by atoms with van der Waals surface area (Å²) in [5.41, 5.74) is 9.83. The molecule has 0 fully saturated rings. The standard InChI is InChI=1S/C20H20/c1-14-8-7-11-18(12-14)20-16(3)15(2)13-19(20)17-9-5-4-6-10-17/h4-12H,13H2,1-3H3. The van der Waals surface area contributed by atoms with Crippen LogP contribution in [0.25, 0.3) is 11.1 Å². The van der Waals surface area contributed by atoms with Crippen LogP contribution in [0.2, 0.25) is 0 Å². The topological polar surface area (TPSA) is 0 Å². The van der Waals surface area contributed by atoms with Crippen LogP contribution in [0.1, 0.15) is 37.0 Å². The van der Waals surface area contributed by atoms with E-state index in [1.54, 1.807) is 0 Å². The molecule has 3 rings (SSSR count). The Bertz CT molecular complexity index is 700. The summed E-state index contributed by atoms with van der Waals surface area (Å²) in [7, 11) is 0. The molecular formula is C20H20. The summed E-state index contributed by atoms with van der Waals surface area (Å²) >= 11 is 0. The first-order valence-corrected chi connectivity index (χ1v) is 7.19. The Balaban J connectivity index is 2.20. The summed E-state index contributed by atoms with van der Waals surface area (Å²) in [4.78, 5) is 0. The molecule has 0 bridgehead atoms. The van der Waals surface area contributed by atoms with Crippen LogP contribution in [0.3, 0.4) is 0 Å². The molecule has 0 atom stereocenters. The monoisotopic (exact) mass is 260 g/mol. The molecule has 0 heterocycles. The SMILES string of the molecule is CC1=C(C)C(c2cccc(C)c2)=C(c2ccccc2)C1. The van der Waals surface area contributed by atoms with Gasteiger partial charge in [-0.05, 0) is 55.0 Å². The number of hydrogen-bond donors (Lipinski definition) is 0. The van der Waals surface area contributed by atoms with Crippen molar-refractivity contribution in [3.8, 4) is 0 Å². The fourth-order valence-electron chi connectivity index (χ4n) is 3.00. The highest BCUT2D eigenvalue weighted by Gasteiger charge is 2.21. The molecule has 0 aromatic heterocycles. The van der Waals surface area contributed by atoms with Crippen molar-refractivity contribution in [3.05, 3.63) is 82.4 Å². The third kappa shape index (κ3) is 2.22. The maximum atomic E-state index is 2.29. The quantitative estimate of drug-likeness (QED) is 0.655. The summed E-state index contributed by atoms with van der Waals surface area (Å²) < 4.78 is 0. The minimum Gasteiger partial charge on any atom is -0.0653 e. The van der Waals surface area contributed by atoms with E-state index in [4.69, 9.17) is 0 Å². The van der Waals surface area contributed by atoms with Gasteiger partial charge in [0.1, 0.15) is 0 Å². The minimum absolute atomic E-state index is 1.07. The molecule has 20 heavy (non-hydrogen) atoms. The third-order valence-electron chi connectivity index (χ3n) is 4.19. The largest absolute Gasteiger partial charge is 0.0653 e. The van der Waals surface area contributed by atoms with Crippen LogP contribution in [0.4, 0.5) is 0 Å². The Morgan fingerprint density at radius 1 is 0.750 bits per heavy atom. The van der Waals surface area contributed by atoms with Gasteiger partial charge in [0, 0.05) is 0 Å². The van der Waals surface area contributed by atoms with Gasteiger partial charge in [-0.1, -0.05) is 65.7 Å². The molecule has 0 amide bonds. The van der Waals surface area contributed by atoms with Crippen LogP contribution in [0.15, 0.2) is 65.7 Å². The summed E-state index contributed by atoms with van der Waals surface area (Å²) in [5, 5.41) is 0. The van der Waals surface area contributed by atoms with Crippen molar-refractivity contribution in [2.45, 2.75) is 27.2 Å². The van der Waals surface area contributed by atoms with Gasteiger partial charge >= 0.3 is 0 Å². The second-order valence-electron chi connectivity index (χ2n) is 5.67. The van der Waals surface area contributed by atoms with E-state index < -0.39 is 0 Å². The van der Waals surface area contributed by atoms with Gasteiger partial charge < -0.3 is 0 Å². The number of hydrogen-bond acceptors (Lipinski definition) is 0. The Labute approximate surface area is 121 Å². The van der Waals surface area contributed by atoms with Gasteiger partial charge in [-0.2, -0.15) is 0 Å². The number of rotatable bonds is 2. The number of allylic oxidation sites excluding steroid dienone is 4. The lowest BCUT2D eigenvalue weighted by molar-refractivity contribution is 1.23. The van der Waals surface area contributed by atoms with Crippen LogP contribution in [0.5, 0.6) is 0 Å². The Morgan fingerprint density at radius 2 is 1.45 bits per heavy atom. The van der Waals surface area contributed by atoms with E-state index in [9.17, 15) is 0 Å². The molecule has 1 aliphatic rings. The summed E-state index contributed by atoms with van der Waals surface area (Å²) in [6.45, 7) is 6.66. The molecule has 0 aliphatic heterocycles. The lowest BCUT2D eigenvalue weighted by atomic mass is 9.93. The van der Waals surface area contributed by atoms with Crippen LogP contribution >= 0.6 is 0 Å². The van der Waals surface area contributed by atoms with Gasteiger partial charge in [-0.25, -0.2) is 0 Å². The third-order valence-corrected chi connectivity index (χ3v) is 4.19. The molecule has 100 valence electrons. The molecule has 2 aromatic carbocycles. The van der Waals surface area contributed by atoms with Crippen molar-refractivity contribution in [1.82, 2.24) is 0 Å². The summed E-state index contributed by atoms with van der Waals surface area (Å²) in [6.07, 6.45) is 1.07. The van der Waals surface area contributed by atoms with Gasteiger partial charge in [-0.3, -0.25) is 0 Å². The zero-order valence-electron chi connectivity index (χ0n) is 12.4. The van der Waals surface area contributed by atoms with Crippen molar-refractivity contribution in [3.63, 3.8) is 0 Å². The van der Waals surface area contributed by atoms with E-state index in [0.29, 0.717) is 0 Å². The average molecular weight is 260 g/mol. The zero-order chi connectivity index (χ0) is 14.1. The van der Waals surface area contributed by atoms with E-state index in [1.807, 2.05) is 0 Å². The highest BCUT2D eigenvalue weighted by Crippen LogP contribution is 2.43. The summed E-state index contributed by atoms with van der Waals surface area (Å²) in [5.74, 6) is 0. The van der Waals surface area contributed by atoms with Crippen molar-refractivity contribution in [2.75, 3.05) is 0 Å². The van der Waals surface area contributed by atoms with Gasteiger partial charge in [0.25, 0.3) is 0 Å². The zero-order valence-corrected chi connectivity index (χ0v) is 12.4. The first kappa shape index (κ1) is 12.9. The molecule has 0 saturated heterocycles. The van der Waals surface area contributed by atoms with E-state index in [-0.39, 0.29) is 0 Å². The van der Waals surface area contributed by atoms with Crippen molar-refractivity contribution in [2.24, 2.45) is 0 Å². The van der Waals surface area contributed by atoms with Gasteiger partial charge in [-0.15, -0.1) is 0 Å². The fraction of sp³-hybridized carbons (Fsp3) is 0.200. The van der Waals surface area contributed by atoms with Gasteiger partial charge in [0.15, 0.2) is 0 Å². The molecule has 0 heteroatoms. The number of aryl methyl sites for hydroxylation is 1. The maximum absolute atomic E-state index is 2.29. The van der Waals surface area contributed by atoms with Crippen molar-refractivity contribution in [1.29, 1.82) is 0 Å². The van der Waals surface area contributed by atoms with Crippen LogP contribution in [0, 0.1) is 6.92 Å². The van der Waals surface area contributed by atoms with E-state index in [0.717, 1.165) is 6.42 Å². The Kier molecular flexibility index (Phi) is 3.31. The fourth-order valence-corrected chi connectivity index (χ4v) is 3.00. The predicted octanol–water partition coefficient (Wildman–Crippen LogP) is 5.65. The number of benzene rings is 2. The van der Waals surface area contributed by atoms with Crippen LogP contribution in [-0.4, -0.2) is 0 Å². The average Bonchev–Trinajstić information content (AvgIpc) is 2.76. The van der Waals surface area contributed by atoms with Gasteiger partial charge in [0.05, 0.1) is 0 Å². The molecule has 2 aromatic rings. The van der Waals surface area contributed by atoms with Crippen LogP contribution < -0.4 is 0 Å². The Morgan fingerprint density at radius 3 is 2.15 bits per heavy atom. The van der Waals surface area contributed by atoms with Gasteiger partial charge in [0.2, 0.25) is 0 Å². The molecule has 0 saturated carbocycles. The first-order chi connectivity index (χ1) is 9.66. The highest BCUT2D eigenvalue weighted by molar-refractivity contribution is 6.02.